The van der Waals surface area contributed by atoms with Crippen molar-refractivity contribution in [3.8, 4) is 0 Å². The fourth-order valence-corrected chi connectivity index (χ4v) is 1.43. The molecule has 0 unspecified atom stereocenters. The first kappa shape index (κ1) is 4.77. The van der Waals surface area contributed by atoms with Crippen molar-refractivity contribution < 1.29 is 4.74 Å². The molecule has 3 aliphatic heterocycles. The highest BCUT2D eigenvalue weighted by molar-refractivity contribution is 4.77. The molecule has 0 saturated carbocycles. The van der Waals surface area contributed by atoms with Gasteiger partial charge < -0.3 is 4.74 Å². The fraction of sp³-hybridized carbons (Fsp3) is 1.00. The number of ether oxygens (including phenoxy) is 1. The predicted molar refractivity (Wildman–Crippen MR) is 30.5 cm³/mol. The third-order valence-corrected chi connectivity index (χ3v) is 2.00. The van der Waals surface area contributed by atoms with Crippen molar-refractivity contribution in [1.29, 1.82) is 0 Å². The van der Waals surface area contributed by atoms with Gasteiger partial charge in [0, 0.05) is 6.54 Å². The molecule has 0 aromatic heterocycles. The topological polar surface area (TPSA) is 21.3 Å². The quantitative estimate of drug-likeness (QED) is 0.489. The maximum atomic E-state index is 5.37. The zero-order valence-electron chi connectivity index (χ0n) is 4.89. The lowest BCUT2D eigenvalue weighted by Gasteiger charge is -2.36. The van der Waals surface area contributed by atoms with E-state index in [4.69, 9.17) is 4.74 Å². The van der Waals surface area contributed by atoms with E-state index in [9.17, 15) is 0 Å². The second-order valence-electron chi connectivity index (χ2n) is 2.67. The first-order valence-corrected chi connectivity index (χ1v) is 3.30. The number of nitrogens with one attached hydrogen (secondary N) is 1. The van der Waals surface area contributed by atoms with E-state index in [-0.39, 0.29) is 0 Å². The molecule has 3 aliphatic rings. The minimum Gasteiger partial charge on any atom is -0.363 e. The van der Waals surface area contributed by atoms with E-state index in [1.807, 2.05) is 0 Å². The van der Waals surface area contributed by atoms with Crippen molar-refractivity contribution in [2.75, 3.05) is 13.2 Å². The average molecular weight is 113 g/mol. The van der Waals surface area contributed by atoms with Crippen LogP contribution in [0.5, 0.6) is 0 Å². The highest BCUT2D eigenvalue weighted by Crippen LogP contribution is 2.21. The van der Waals surface area contributed by atoms with E-state index in [2.05, 4.69) is 5.32 Å². The summed E-state index contributed by atoms with van der Waals surface area (Å²) in [5.74, 6) is 0.819. The monoisotopic (exact) mass is 113 g/mol. The Bertz CT molecular complexity index is 63.5. The summed E-state index contributed by atoms with van der Waals surface area (Å²) in [4.78, 5) is 0. The third kappa shape index (κ3) is 0.644. The Labute approximate surface area is 49.2 Å². The Hall–Kier alpha value is -0.0800. The van der Waals surface area contributed by atoms with Gasteiger partial charge in [-0.2, -0.15) is 0 Å². The van der Waals surface area contributed by atoms with Crippen LogP contribution in [-0.2, 0) is 4.74 Å². The van der Waals surface area contributed by atoms with Gasteiger partial charge in [-0.1, -0.05) is 0 Å². The smallest absolute Gasteiger partial charge is 0.108 e. The molecule has 0 aromatic carbocycles. The molecule has 46 valence electrons. The Balaban J connectivity index is 2.03. The lowest BCUT2D eigenvalue weighted by molar-refractivity contribution is -0.0724. The lowest BCUT2D eigenvalue weighted by atomic mass is 9.97. The second-order valence-corrected chi connectivity index (χ2v) is 2.67. The average Bonchev–Trinajstić information content (AvgIpc) is 1.92. The van der Waals surface area contributed by atoms with Gasteiger partial charge in [0.1, 0.15) is 6.23 Å². The number of rotatable bonds is 0. The molecule has 2 heteroatoms. The van der Waals surface area contributed by atoms with Crippen LogP contribution in [0.15, 0.2) is 0 Å². The van der Waals surface area contributed by atoms with Gasteiger partial charge in [0.15, 0.2) is 0 Å². The van der Waals surface area contributed by atoms with E-state index >= 15 is 0 Å². The van der Waals surface area contributed by atoms with Crippen LogP contribution in [-0.4, -0.2) is 19.4 Å². The highest BCUT2D eigenvalue weighted by atomic mass is 16.5. The molecule has 0 aliphatic carbocycles. The molecule has 0 radical (unpaired) electrons. The molecule has 3 fully saturated rings. The second kappa shape index (κ2) is 1.71. The van der Waals surface area contributed by atoms with Gasteiger partial charge in [-0.25, -0.2) is 0 Å². The van der Waals surface area contributed by atoms with Crippen LogP contribution < -0.4 is 5.32 Å². The van der Waals surface area contributed by atoms with Crippen LogP contribution in [0.1, 0.15) is 12.8 Å². The molecule has 0 aromatic rings. The van der Waals surface area contributed by atoms with Gasteiger partial charge in [0.25, 0.3) is 0 Å². The maximum Gasteiger partial charge on any atom is 0.108 e. The molecule has 3 rings (SSSR count). The van der Waals surface area contributed by atoms with E-state index < -0.39 is 0 Å². The van der Waals surface area contributed by atoms with Gasteiger partial charge in [0.05, 0.1) is 6.61 Å². The normalized spacial score (nSPS) is 45.0. The Kier molecular flexibility index (Phi) is 1.02. The first-order chi connectivity index (χ1) is 3.95. The fourth-order valence-electron chi connectivity index (χ4n) is 1.43. The van der Waals surface area contributed by atoms with E-state index in [0.717, 1.165) is 12.5 Å². The summed E-state index contributed by atoms with van der Waals surface area (Å²) >= 11 is 0. The first-order valence-electron chi connectivity index (χ1n) is 3.30. The summed E-state index contributed by atoms with van der Waals surface area (Å²) in [5.41, 5.74) is 0. The summed E-state index contributed by atoms with van der Waals surface area (Å²) in [5, 5.41) is 3.30. The molecular formula is C6H11NO. The Morgan fingerprint density at radius 1 is 1.38 bits per heavy atom. The highest BCUT2D eigenvalue weighted by Gasteiger charge is 2.26. The molecule has 3 heterocycles. The van der Waals surface area contributed by atoms with Crippen LogP contribution in [0.25, 0.3) is 0 Å². The summed E-state index contributed by atoms with van der Waals surface area (Å²) in [6, 6.07) is 0. The number of hydrogen-bond acceptors (Lipinski definition) is 2. The standard InChI is InChI=1S/C6H11NO/c1-2-6-7-3-5(1)4-8-6/h5-7H,1-4H2/t5-,6+/m1/s1. The molecule has 1 N–H and O–H groups in total. The molecule has 2 bridgehead atoms. The molecule has 2 nitrogen and oxygen atoms in total. The number of piperidine rings is 1. The Morgan fingerprint density at radius 2 is 2.38 bits per heavy atom. The van der Waals surface area contributed by atoms with Gasteiger partial charge >= 0.3 is 0 Å². The molecule has 2 atom stereocenters. The minimum atomic E-state index is 0.403. The summed E-state index contributed by atoms with van der Waals surface area (Å²) in [6.07, 6.45) is 3.00. The third-order valence-electron chi connectivity index (χ3n) is 2.00. The van der Waals surface area contributed by atoms with Crippen LogP contribution in [0.3, 0.4) is 0 Å². The van der Waals surface area contributed by atoms with Gasteiger partial charge in [-0.3, -0.25) is 5.32 Å². The van der Waals surface area contributed by atoms with Crippen molar-refractivity contribution in [1.82, 2.24) is 5.32 Å². The van der Waals surface area contributed by atoms with Crippen molar-refractivity contribution in [2.45, 2.75) is 19.1 Å². The number of hydrogen-bond donors (Lipinski definition) is 1. The molecule has 8 heavy (non-hydrogen) atoms. The number of fused-ring (bicyclic) bond motifs is 3. The summed E-state index contributed by atoms with van der Waals surface area (Å²) in [7, 11) is 0. The summed E-state index contributed by atoms with van der Waals surface area (Å²) in [6.45, 7) is 2.18. The van der Waals surface area contributed by atoms with E-state index in [1.54, 1.807) is 0 Å². The van der Waals surface area contributed by atoms with Gasteiger partial charge in [-0.15, -0.1) is 0 Å². The van der Waals surface area contributed by atoms with Crippen molar-refractivity contribution in [3.05, 3.63) is 0 Å². The van der Waals surface area contributed by atoms with Crippen LogP contribution >= 0.6 is 0 Å². The van der Waals surface area contributed by atoms with Crippen molar-refractivity contribution >= 4 is 0 Å². The zero-order chi connectivity index (χ0) is 5.40. The van der Waals surface area contributed by atoms with Crippen LogP contribution in [0.2, 0.25) is 0 Å². The minimum absolute atomic E-state index is 0.403. The predicted octanol–water partition coefficient (Wildman–Crippen LogP) is 0.342. The van der Waals surface area contributed by atoms with E-state index in [0.29, 0.717) is 6.23 Å². The van der Waals surface area contributed by atoms with Crippen molar-refractivity contribution in [3.63, 3.8) is 0 Å². The van der Waals surface area contributed by atoms with Gasteiger partial charge in [0.2, 0.25) is 0 Å². The van der Waals surface area contributed by atoms with Gasteiger partial charge in [-0.05, 0) is 18.8 Å². The maximum absolute atomic E-state index is 5.37. The molecule has 0 spiro atoms. The van der Waals surface area contributed by atoms with E-state index in [1.165, 1.54) is 19.4 Å². The van der Waals surface area contributed by atoms with Crippen LogP contribution in [0, 0.1) is 5.92 Å². The molecule has 0 amide bonds. The zero-order valence-corrected chi connectivity index (χ0v) is 4.89. The van der Waals surface area contributed by atoms with Crippen molar-refractivity contribution in [2.24, 2.45) is 5.92 Å². The lowest BCUT2D eigenvalue weighted by Crippen LogP contribution is -2.48. The largest absolute Gasteiger partial charge is 0.363 e. The SMILES string of the molecule is C1C[C@H]2NC[C@@H]1CO2. The van der Waals surface area contributed by atoms with Crippen LogP contribution in [0.4, 0.5) is 0 Å². The summed E-state index contributed by atoms with van der Waals surface area (Å²) < 4.78 is 5.37. The molecule has 3 saturated heterocycles. The Morgan fingerprint density at radius 3 is 2.50 bits per heavy atom. The molecular weight excluding hydrogens is 102 g/mol.